The lowest BCUT2D eigenvalue weighted by Gasteiger charge is -2.13. The SMILES string of the molecule is Cc1ccc(Cl)cc1Oc1ncc(Br)cc1CNC1CC1. The average molecular weight is 368 g/mol. The van der Waals surface area contributed by atoms with Crippen LogP contribution in [-0.4, -0.2) is 11.0 Å². The fraction of sp³-hybridized carbons (Fsp3) is 0.312. The number of nitrogens with zero attached hydrogens (tertiary/aromatic N) is 1. The third-order valence-electron chi connectivity index (χ3n) is 3.41. The van der Waals surface area contributed by atoms with Gasteiger partial charge in [0.15, 0.2) is 0 Å². The maximum Gasteiger partial charge on any atom is 0.223 e. The molecule has 0 radical (unpaired) electrons. The summed E-state index contributed by atoms with van der Waals surface area (Å²) < 4.78 is 6.92. The highest BCUT2D eigenvalue weighted by Gasteiger charge is 2.21. The minimum absolute atomic E-state index is 0.622. The van der Waals surface area contributed by atoms with Crippen LogP contribution in [0.3, 0.4) is 0 Å². The number of hydrogen-bond acceptors (Lipinski definition) is 3. The summed E-state index contributed by atoms with van der Waals surface area (Å²) >= 11 is 9.50. The van der Waals surface area contributed by atoms with Crippen LogP contribution in [0, 0.1) is 6.92 Å². The molecule has 1 aliphatic carbocycles. The van der Waals surface area contributed by atoms with E-state index in [9.17, 15) is 0 Å². The molecular weight excluding hydrogens is 352 g/mol. The van der Waals surface area contributed by atoms with E-state index in [0.29, 0.717) is 16.9 Å². The molecule has 110 valence electrons. The molecule has 0 aliphatic heterocycles. The molecule has 0 amide bonds. The standard InChI is InChI=1S/C16H16BrClN2O/c1-10-2-3-13(18)7-15(10)21-16-11(6-12(17)9-20-16)8-19-14-4-5-14/h2-3,6-7,9,14,19H,4-5,8H2,1H3. The highest BCUT2D eigenvalue weighted by molar-refractivity contribution is 9.10. The van der Waals surface area contributed by atoms with E-state index >= 15 is 0 Å². The molecule has 1 N–H and O–H groups in total. The summed E-state index contributed by atoms with van der Waals surface area (Å²) in [7, 11) is 0. The Kier molecular flexibility index (Phi) is 4.48. The normalized spacial score (nSPS) is 14.2. The summed E-state index contributed by atoms with van der Waals surface area (Å²) in [6.07, 6.45) is 4.26. The number of hydrogen-bond donors (Lipinski definition) is 1. The van der Waals surface area contributed by atoms with Crippen LogP contribution in [0.15, 0.2) is 34.9 Å². The van der Waals surface area contributed by atoms with Gasteiger partial charge in [0, 0.05) is 33.8 Å². The van der Waals surface area contributed by atoms with Gasteiger partial charge in [-0.05, 0) is 59.5 Å². The molecule has 0 atom stereocenters. The molecule has 0 spiro atoms. The van der Waals surface area contributed by atoms with Gasteiger partial charge in [0.05, 0.1) is 0 Å². The monoisotopic (exact) mass is 366 g/mol. The molecule has 0 bridgehead atoms. The molecule has 5 heteroatoms. The lowest BCUT2D eigenvalue weighted by Crippen LogP contribution is -2.16. The number of aromatic nitrogens is 1. The second-order valence-electron chi connectivity index (χ2n) is 5.28. The molecule has 3 rings (SSSR count). The fourth-order valence-electron chi connectivity index (χ4n) is 2.02. The zero-order chi connectivity index (χ0) is 14.8. The predicted molar refractivity (Wildman–Crippen MR) is 88.1 cm³/mol. The first-order valence-corrected chi connectivity index (χ1v) is 8.11. The second-order valence-corrected chi connectivity index (χ2v) is 6.64. The zero-order valence-corrected chi connectivity index (χ0v) is 14.0. The topological polar surface area (TPSA) is 34.1 Å². The van der Waals surface area contributed by atoms with Crippen molar-refractivity contribution in [2.75, 3.05) is 0 Å². The van der Waals surface area contributed by atoms with Crippen LogP contribution in [-0.2, 0) is 6.54 Å². The molecule has 21 heavy (non-hydrogen) atoms. The second kappa shape index (κ2) is 6.34. The lowest BCUT2D eigenvalue weighted by atomic mass is 10.2. The first-order valence-electron chi connectivity index (χ1n) is 6.93. The molecule has 1 aliphatic rings. The molecular formula is C16H16BrClN2O. The van der Waals surface area contributed by atoms with Gasteiger partial charge in [0.1, 0.15) is 5.75 Å². The number of aryl methyl sites for hydroxylation is 1. The summed E-state index contributed by atoms with van der Waals surface area (Å²) in [6, 6.07) is 8.30. The number of ether oxygens (including phenoxy) is 1. The molecule has 1 aromatic carbocycles. The Morgan fingerprint density at radius 1 is 1.38 bits per heavy atom. The average Bonchev–Trinajstić information content (AvgIpc) is 3.27. The van der Waals surface area contributed by atoms with E-state index in [1.165, 1.54) is 12.8 Å². The highest BCUT2D eigenvalue weighted by atomic mass is 79.9. The number of halogens is 2. The Morgan fingerprint density at radius 2 is 2.19 bits per heavy atom. The van der Waals surface area contributed by atoms with Crippen molar-refractivity contribution in [1.82, 2.24) is 10.3 Å². The van der Waals surface area contributed by atoms with Crippen LogP contribution in [0.5, 0.6) is 11.6 Å². The lowest BCUT2D eigenvalue weighted by molar-refractivity contribution is 0.449. The van der Waals surface area contributed by atoms with Crippen molar-refractivity contribution in [3.05, 3.63) is 51.1 Å². The van der Waals surface area contributed by atoms with Crippen molar-refractivity contribution >= 4 is 27.5 Å². The number of benzene rings is 1. The van der Waals surface area contributed by atoms with Crippen molar-refractivity contribution < 1.29 is 4.74 Å². The van der Waals surface area contributed by atoms with Crippen LogP contribution < -0.4 is 10.1 Å². The van der Waals surface area contributed by atoms with Crippen molar-refractivity contribution in [2.24, 2.45) is 0 Å². The van der Waals surface area contributed by atoms with Crippen molar-refractivity contribution in [3.63, 3.8) is 0 Å². The van der Waals surface area contributed by atoms with Gasteiger partial charge in [-0.25, -0.2) is 4.98 Å². The smallest absolute Gasteiger partial charge is 0.223 e. The highest BCUT2D eigenvalue weighted by Crippen LogP contribution is 2.30. The van der Waals surface area contributed by atoms with Crippen LogP contribution in [0.4, 0.5) is 0 Å². The van der Waals surface area contributed by atoms with E-state index in [1.807, 2.05) is 31.2 Å². The molecule has 1 aromatic heterocycles. The van der Waals surface area contributed by atoms with Gasteiger partial charge in [0.2, 0.25) is 5.88 Å². The zero-order valence-electron chi connectivity index (χ0n) is 11.7. The fourth-order valence-corrected chi connectivity index (χ4v) is 2.56. The number of nitrogens with one attached hydrogen (secondary N) is 1. The Hall–Kier alpha value is -1.10. The third kappa shape index (κ3) is 3.96. The van der Waals surface area contributed by atoms with Crippen molar-refractivity contribution in [1.29, 1.82) is 0 Å². The van der Waals surface area contributed by atoms with Gasteiger partial charge in [-0.1, -0.05) is 17.7 Å². The first kappa shape index (κ1) is 14.8. The van der Waals surface area contributed by atoms with Crippen LogP contribution in [0.1, 0.15) is 24.0 Å². The molecule has 3 nitrogen and oxygen atoms in total. The van der Waals surface area contributed by atoms with E-state index in [2.05, 4.69) is 26.2 Å². The van der Waals surface area contributed by atoms with E-state index in [4.69, 9.17) is 16.3 Å². The third-order valence-corrected chi connectivity index (χ3v) is 4.08. The van der Waals surface area contributed by atoms with E-state index in [-0.39, 0.29) is 0 Å². The summed E-state index contributed by atoms with van der Waals surface area (Å²) in [5.41, 5.74) is 2.07. The minimum atomic E-state index is 0.622. The molecule has 1 heterocycles. The van der Waals surface area contributed by atoms with Gasteiger partial charge in [-0.15, -0.1) is 0 Å². The Bertz CT molecular complexity index is 659. The van der Waals surface area contributed by atoms with E-state index in [1.54, 1.807) is 6.20 Å². The van der Waals surface area contributed by atoms with E-state index < -0.39 is 0 Å². The molecule has 1 fully saturated rings. The summed E-state index contributed by atoms with van der Waals surface area (Å²) in [6.45, 7) is 2.75. The Balaban J connectivity index is 1.84. The van der Waals surface area contributed by atoms with Crippen molar-refractivity contribution in [2.45, 2.75) is 32.4 Å². The predicted octanol–water partition coefficient (Wildman–Crippen LogP) is 4.85. The summed E-state index contributed by atoms with van der Waals surface area (Å²) in [5, 5.41) is 4.14. The Morgan fingerprint density at radius 3 is 2.95 bits per heavy atom. The maximum absolute atomic E-state index is 6.04. The van der Waals surface area contributed by atoms with Crippen LogP contribution >= 0.6 is 27.5 Å². The largest absolute Gasteiger partial charge is 0.438 e. The van der Waals surface area contributed by atoms with Gasteiger partial charge in [-0.3, -0.25) is 0 Å². The minimum Gasteiger partial charge on any atom is -0.438 e. The van der Waals surface area contributed by atoms with Gasteiger partial charge in [-0.2, -0.15) is 0 Å². The quantitative estimate of drug-likeness (QED) is 0.820. The van der Waals surface area contributed by atoms with Gasteiger partial charge >= 0.3 is 0 Å². The van der Waals surface area contributed by atoms with Crippen LogP contribution in [0.25, 0.3) is 0 Å². The maximum atomic E-state index is 6.04. The van der Waals surface area contributed by atoms with Gasteiger partial charge in [0.25, 0.3) is 0 Å². The number of pyridine rings is 1. The number of rotatable bonds is 5. The molecule has 0 saturated heterocycles. The van der Waals surface area contributed by atoms with Gasteiger partial charge < -0.3 is 10.1 Å². The van der Waals surface area contributed by atoms with E-state index in [0.717, 1.165) is 27.9 Å². The van der Waals surface area contributed by atoms with Crippen molar-refractivity contribution in [3.8, 4) is 11.6 Å². The summed E-state index contributed by atoms with van der Waals surface area (Å²) in [4.78, 5) is 4.39. The van der Waals surface area contributed by atoms with Crippen LogP contribution in [0.2, 0.25) is 5.02 Å². The molecule has 0 unspecified atom stereocenters. The summed E-state index contributed by atoms with van der Waals surface area (Å²) in [5.74, 6) is 1.36. The first-order chi connectivity index (χ1) is 10.1. The molecule has 2 aromatic rings. The molecule has 1 saturated carbocycles. The Labute approximate surface area is 137 Å².